The summed E-state index contributed by atoms with van der Waals surface area (Å²) in [6.45, 7) is 0. The van der Waals surface area contributed by atoms with Crippen molar-refractivity contribution in [2.24, 2.45) is 0 Å². The van der Waals surface area contributed by atoms with Crippen LogP contribution in [0.4, 0.5) is 0 Å². The monoisotopic (exact) mass is 357 g/mol. The number of likely N-dealkylation sites (N-methyl/N-ethyl adjacent to an activating group) is 1. The lowest BCUT2D eigenvalue weighted by Crippen LogP contribution is -2.32. The largest absolute Gasteiger partial charge is 0.488 e. The van der Waals surface area contributed by atoms with E-state index in [-0.39, 0.29) is 12.1 Å². The Labute approximate surface area is 129 Å². The quantitative estimate of drug-likeness (QED) is 0.876. The Balaban J connectivity index is 1.85. The standard InChI is InChI=1S/C14H13BrClNOS/c1-17-13(12-7-9(15)14(16)19-12)11-6-8-4-2-3-5-10(8)18-11/h2-5,7,11,13,17H,6H2,1H3. The van der Waals surface area contributed by atoms with Crippen LogP contribution in [0.1, 0.15) is 16.5 Å². The predicted molar refractivity (Wildman–Crippen MR) is 83.4 cm³/mol. The van der Waals surface area contributed by atoms with Crippen molar-refractivity contribution in [3.63, 3.8) is 0 Å². The van der Waals surface area contributed by atoms with Crippen LogP contribution < -0.4 is 10.1 Å². The van der Waals surface area contributed by atoms with Gasteiger partial charge in [0, 0.05) is 15.8 Å². The van der Waals surface area contributed by atoms with Crippen LogP contribution in [0.2, 0.25) is 4.34 Å². The Hall–Kier alpha value is -0.550. The lowest BCUT2D eigenvalue weighted by atomic mass is 10.0. The first-order valence-electron chi connectivity index (χ1n) is 6.05. The fraction of sp³-hybridized carbons (Fsp3) is 0.286. The number of benzene rings is 1. The first-order chi connectivity index (χ1) is 9.19. The van der Waals surface area contributed by atoms with Gasteiger partial charge in [0.1, 0.15) is 16.2 Å². The number of para-hydroxylation sites is 1. The second-order valence-electron chi connectivity index (χ2n) is 4.50. The van der Waals surface area contributed by atoms with Crippen LogP contribution in [0.25, 0.3) is 0 Å². The Morgan fingerprint density at radius 2 is 2.26 bits per heavy atom. The number of halogens is 2. The summed E-state index contributed by atoms with van der Waals surface area (Å²) in [5.41, 5.74) is 1.27. The number of hydrogen-bond acceptors (Lipinski definition) is 3. The molecular weight excluding hydrogens is 346 g/mol. The van der Waals surface area contributed by atoms with Crippen LogP contribution in [0, 0.1) is 0 Å². The van der Waals surface area contributed by atoms with Gasteiger partial charge in [-0.25, -0.2) is 0 Å². The fourth-order valence-corrected chi connectivity index (χ4v) is 4.32. The van der Waals surface area contributed by atoms with Gasteiger partial charge in [0.15, 0.2) is 0 Å². The molecule has 5 heteroatoms. The molecule has 1 N–H and O–H groups in total. The van der Waals surface area contributed by atoms with Gasteiger partial charge >= 0.3 is 0 Å². The van der Waals surface area contributed by atoms with Gasteiger partial charge in [0.05, 0.1) is 6.04 Å². The summed E-state index contributed by atoms with van der Waals surface area (Å²) in [5, 5.41) is 3.34. The number of rotatable bonds is 3. The van der Waals surface area contributed by atoms with Crippen molar-refractivity contribution in [3.8, 4) is 5.75 Å². The number of ether oxygens (including phenoxy) is 1. The van der Waals surface area contributed by atoms with E-state index >= 15 is 0 Å². The molecule has 0 saturated carbocycles. The van der Waals surface area contributed by atoms with Gasteiger partial charge in [0.2, 0.25) is 0 Å². The van der Waals surface area contributed by atoms with Crippen LogP contribution in [-0.4, -0.2) is 13.2 Å². The summed E-state index contributed by atoms with van der Waals surface area (Å²) in [6, 6.07) is 10.4. The van der Waals surface area contributed by atoms with E-state index in [4.69, 9.17) is 16.3 Å². The molecule has 2 aromatic rings. The van der Waals surface area contributed by atoms with Crippen molar-refractivity contribution in [2.45, 2.75) is 18.6 Å². The summed E-state index contributed by atoms with van der Waals surface area (Å²) in [5.74, 6) is 0.995. The SMILES string of the molecule is CNC(c1cc(Br)c(Cl)s1)C1Cc2ccccc2O1. The topological polar surface area (TPSA) is 21.3 Å². The molecule has 0 saturated heterocycles. The molecule has 1 aromatic heterocycles. The molecule has 0 aliphatic carbocycles. The first kappa shape index (κ1) is 13.4. The number of hydrogen-bond donors (Lipinski definition) is 1. The molecule has 0 bridgehead atoms. The van der Waals surface area contributed by atoms with Crippen molar-refractivity contribution in [3.05, 3.63) is 49.6 Å². The number of fused-ring (bicyclic) bond motifs is 1. The minimum atomic E-state index is 0.115. The maximum Gasteiger partial charge on any atom is 0.123 e. The van der Waals surface area contributed by atoms with Gasteiger partial charge in [0.25, 0.3) is 0 Å². The van der Waals surface area contributed by atoms with Gasteiger partial charge in [-0.15, -0.1) is 11.3 Å². The summed E-state index contributed by atoms with van der Waals surface area (Å²) in [7, 11) is 1.96. The van der Waals surface area contributed by atoms with Crippen LogP contribution in [0.15, 0.2) is 34.8 Å². The molecule has 0 amide bonds. The average molecular weight is 359 g/mol. The molecule has 1 aromatic carbocycles. The van der Waals surface area contributed by atoms with Crippen LogP contribution in [0.5, 0.6) is 5.75 Å². The van der Waals surface area contributed by atoms with E-state index < -0.39 is 0 Å². The van der Waals surface area contributed by atoms with Crippen LogP contribution in [0.3, 0.4) is 0 Å². The summed E-state index contributed by atoms with van der Waals surface area (Å²) < 4.78 is 7.78. The molecule has 2 heterocycles. The highest BCUT2D eigenvalue weighted by molar-refractivity contribution is 9.10. The lowest BCUT2D eigenvalue weighted by molar-refractivity contribution is 0.185. The molecular formula is C14H13BrClNOS. The number of thiophene rings is 1. The van der Waals surface area contributed by atoms with E-state index in [1.54, 1.807) is 11.3 Å². The fourth-order valence-electron chi connectivity index (χ4n) is 2.42. The van der Waals surface area contributed by atoms with Crippen molar-refractivity contribution < 1.29 is 4.74 Å². The third kappa shape index (κ3) is 2.55. The van der Waals surface area contributed by atoms with Crippen molar-refractivity contribution in [1.29, 1.82) is 0 Å². The third-order valence-electron chi connectivity index (χ3n) is 3.33. The summed E-state index contributed by atoms with van der Waals surface area (Å²) in [6.07, 6.45) is 1.04. The minimum absolute atomic E-state index is 0.115. The zero-order valence-corrected chi connectivity index (χ0v) is 13.5. The van der Waals surface area contributed by atoms with E-state index in [1.165, 1.54) is 10.4 Å². The van der Waals surface area contributed by atoms with Crippen molar-refractivity contribution in [2.75, 3.05) is 7.05 Å². The molecule has 1 aliphatic heterocycles. The summed E-state index contributed by atoms with van der Waals surface area (Å²) >= 11 is 11.2. The van der Waals surface area contributed by atoms with E-state index in [0.717, 1.165) is 21.0 Å². The third-order valence-corrected chi connectivity index (χ3v) is 5.88. The zero-order valence-electron chi connectivity index (χ0n) is 10.3. The predicted octanol–water partition coefficient (Wildman–Crippen LogP) is 4.43. The van der Waals surface area contributed by atoms with Gasteiger partial charge in [-0.2, -0.15) is 0 Å². The van der Waals surface area contributed by atoms with Crippen molar-refractivity contribution >= 4 is 38.9 Å². The smallest absolute Gasteiger partial charge is 0.123 e. The average Bonchev–Trinajstić information content (AvgIpc) is 2.95. The summed E-state index contributed by atoms with van der Waals surface area (Å²) in [4.78, 5) is 1.19. The lowest BCUT2D eigenvalue weighted by Gasteiger charge is -2.21. The Kier molecular flexibility index (Phi) is 3.85. The highest BCUT2D eigenvalue weighted by Gasteiger charge is 2.31. The maximum absolute atomic E-state index is 6.13. The number of nitrogens with one attached hydrogen (secondary N) is 1. The van der Waals surface area contributed by atoms with Gasteiger partial charge in [-0.05, 0) is 40.7 Å². The van der Waals surface area contributed by atoms with Gasteiger partial charge < -0.3 is 10.1 Å². The molecule has 0 fully saturated rings. The van der Waals surface area contributed by atoms with E-state index in [0.29, 0.717) is 0 Å². The first-order valence-corrected chi connectivity index (χ1v) is 8.04. The zero-order chi connectivity index (χ0) is 13.4. The molecule has 2 nitrogen and oxygen atoms in total. The van der Waals surface area contributed by atoms with Crippen molar-refractivity contribution in [1.82, 2.24) is 5.32 Å². The normalized spacial score (nSPS) is 19.0. The van der Waals surface area contributed by atoms with Crippen LogP contribution in [-0.2, 0) is 6.42 Å². The molecule has 100 valence electrons. The highest BCUT2D eigenvalue weighted by atomic mass is 79.9. The Morgan fingerprint density at radius 3 is 2.89 bits per heavy atom. The second-order valence-corrected chi connectivity index (χ2v) is 7.05. The van der Waals surface area contributed by atoms with Gasteiger partial charge in [-0.3, -0.25) is 0 Å². The maximum atomic E-state index is 6.13. The van der Waals surface area contributed by atoms with E-state index in [9.17, 15) is 0 Å². The molecule has 0 spiro atoms. The second kappa shape index (κ2) is 5.44. The molecule has 2 atom stereocenters. The molecule has 2 unspecified atom stereocenters. The minimum Gasteiger partial charge on any atom is -0.488 e. The Morgan fingerprint density at radius 1 is 1.47 bits per heavy atom. The molecule has 0 radical (unpaired) electrons. The molecule has 19 heavy (non-hydrogen) atoms. The van der Waals surface area contributed by atoms with Crippen LogP contribution >= 0.6 is 38.9 Å². The Bertz CT molecular complexity index is 556. The van der Waals surface area contributed by atoms with E-state index in [1.807, 2.05) is 19.2 Å². The molecule has 3 rings (SSSR count). The van der Waals surface area contributed by atoms with Gasteiger partial charge in [-0.1, -0.05) is 29.8 Å². The van der Waals surface area contributed by atoms with E-state index in [2.05, 4.69) is 39.4 Å². The molecule has 1 aliphatic rings. The highest BCUT2D eigenvalue weighted by Crippen LogP contribution is 2.39.